The van der Waals surface area contributed by atoms with E-state index >= 15 is 0 Å². The van der Waals surface area contributed by atoms with Gasteiger partial charge in [0.1, 0.15) is 11.9 Å². The van der Waals surface area contributed by atoms with Crippen LogP contribution in [0.5, 0.6) is 5.75 Å². The van der Waals surface area contributed by atoms with Crippen LogP contribution in [-0.4, -0.2) is 39.0 Å². The van der Waals surface area contributed by atoms with Crippen molar-refractivity contribution in [3.05, 3.63) is 82.6 Å². The second-order valence-corrected chi connectivity index (χ2v) is 11.2. The van der Waals surface area contributed by atoms with Gasteiger partial charge < -0.3 is 9.64 Å². The Morgan fingerprint density at radius 2 is 1.69 bits per heavy atom. The third-order valence-corrected chi connectivity index (χ3v) is 8.49. The van der Waals surface area contributed by atoms with Crippen LogP contribution >= 0.6 is 11.3 Å². The van der Waals surface area contributed by atoms with Gasteiger partial charge in [0.15, 0.2) is 0 Å². The lowest BCUT2D eigenvalue weighted by Gasteiger charge is -2.33. The molecule has 188 valence electrons. The standard InChI is InChI=1S/C25H27F3N2O3S2/c26-25(27,28)19-8-10-21(11-9-19)33-23(24-7-4-18-34-24)14-17-30-15-12-20(13-16-30)29-35(31,32)22-5-2-1-3-6-22/h1-11,18,20,23,29H,12-17H2. The van der Waals surface area contributed by atoms with Crippen molar-refractivity contribution < 1.29 is 26.3 Å². The first-order valence-corrected chi connectivity index (χ1v) is 13.7. The molecule has 4 rings (SSSR count). The molecule has 1 N–H and O–H groups in total. The van der Waals surface area contributed by atoms with E-state index in [0.29, 0.717) is 25.0 Å². The van der Waals surface area contributed by atoms with Crippen LogP contribution in [0.1, 0.15) is 35.8 Å². The summed E-state index contributed by atoms with van der Waals surface area (Å²) in [4.78, 5) is 3.54. The number of ether oxygens (including phenoxy) is 1. The summed E-state index contributed by atoms with van der Waals surface area (Å²) in [6, 6.07) is 16.9. The molecule has 0 saturated carbocycles. The van der Waals surface area contributed by atoms with Crippen LogP contribution in [0.3, 0.4) is 0 Å². The number of piperidine rings is 1. The smallest absolute Gasteiger partial charge is 0.416 e. The van der Waals surface area contributed by atoms with Crippen molar-refractivity contribution >= 4 is 21.4 Å². The van der Waals surface area contributed by atoms with Gasteiger partial charge in [-0.3, -0.25) is 0 Å². The van der Waals surface area contributed by atoms with Crippen molar-refractivity contribution in [2.24, 2.45) is 0 Å². The minimum absolute atomic E-state index is 0.118. The van der Waals surface area contributed by atoms with Crippen LogP contribution in [0.2, 0.25) is 0 Å². The number of alkyl halides is 3. The molecule has 2 heterocycles. The average Bonchev–Trinajstić information content (AvgIpc) is 3.38. The molecule has 5 nitrogen and oxygen atoms in total. The monoisotopic (exact) mass is 524 g/mol. The Bertz CT molecular complexity index is 1160. The zero-order chi connectivity index (χ0) is 24.9. The molecule has 0 aliphatic carbocycles. The normalized spacial score (nSPS) is 16.8. The zero-order valence-corrected chi connectivity index (χ0v) is 20.6. The quantitative estimate of drug-likeness (QED) is 0.389. The third kappa shape index (κ3) is 7.07. The molecule has 1 unspecified atom stereocenters. The van der Waals surface area contributed by atoms with E-state index in [1.807, 2.05) is 17.5 Å². The molecule has 0 radical (unpaired) electrons. The van der Waals surface area contributed by atoms with Crippen LogP contribution < -0.4 is 9.46 Å². The minimum Gasteiger partial charge on any atom is -0.485 e. The van der Waals surface area contributed by atoms with Crippen LogP contribution in [-0.2, 0) is 16.2 Å². The van der Waals surface area contributed by atoms with Gasteiger partial charge in [-0.1, -0.05) is 24.3 Å². The van der Waals surface area contributed by atoms with E-state index in [2.05, 4.69) is 9.62 Å². The largest absolute Gasteiger partial charge is 0.485 e. The molecule has 1 aliphatic rings. The van der Waals surface area contributed by atoms with Crippen molar-refractivity contribution in [3.8, 4) is 5.75 Å². The highest BCUT2D eigenvalue weighted by molar-refractivity contribution is 7.89. The molecule has 1 fully saturated rings. The number of sulfonamides is 1. The number of rotatable bonds is 9. The molecule has 1 aromatic heterocycles. The van der Waals surface area contributed by atoms with Crippen molar-refractivity contribution in [2.75, 3.05) is 19.6 Å². The molecule has 1 saturated heterocycles. The van der Waals surface area contributed by atoms with Gasteiger partial charge in [-0.15, -0.1) is 11.3 Å². The maximum Gasteiger partial charge on any atom is 0.416 e. The molecule has 1 aliphatic heterocycles. The molecule has 35 heavy (non-hydrogen) atoms. The number of thiophene rings is 1. The van der Waals surface area contributed by atoms with E-state index < -0.39 is 21.8 Å². The Balaban J connectivity index is 1.31. The lowest BCUT2D eigenvalue weighted by atomic mass is 10.1. The Morgan fingerprint density at radius 1 is 1.00 bits per heavy atom. The van der Waals surface area contributed by atoms with E-state index in [9.17, 15) is 21.6 Å². The Morgan fingerprint density at radius 3 is 2.29 bits per heavy atom. The van der Waals surface area contributed by atoms with E-state index in [1.165, 1.54) is 12.1 Å². The molecular weight excluding hydrogens is 497 g/mol. The highest BCUT2D eigenvalue weighted by Gasteiger charge is 2.30. The number of hydrogen-bond acceptors (Lipinski definition) is 5. The fraction of sp³-hybridized carbons (Fsp3) is 0.360. The topological polar surface area (TPSA) is 58.6 Å². The van der Waals surface area contributed by atoms with E-state index in [4.69, 9.17) is 4.74 Å². The maximum absolute atomic E-state index is 12.9. The number of nitrogens with one attached hydrogen (secondary N) is 1. The molecule has 10 heteroatoms. The third-order valence-electron chi connectivity index (χ3n) is 5.99. The van der Waals surface area contributed by atoms with Crippen molar-refractivity contribution in [1.29, 1.82) is 0 Å². The Hall–Kier alpha value is -2.40. The molecule has 3 aromatic rings. The molecule has 1 atom stereocenters. The minimum atomic E-state index is -4.38. The van der Waals surface area contributed by atoms with Gasteiger partial charge in [0.25, 0.3) is 0 Å². The first-order valence-electron chi connectivity index (χ1n) is 11.4. The highest BCUT2D eigenvalue weighted by atomic mass is 32.2. The second-order valence-electron chi connectivity index (χ2n) is 8.48. The van der Waals surface area contributed by atoms with E-state index in [1.54, 1.807) is 41.7 Å². The first kappa shape index (κ1) is 25.7. The van der Waals surface area contributed by atoms with Crippen molar-refractivity contribution in [1.82, 2.24) is 9.62 Å². The number of nitrogens with zero attached hydrogens (tertiary/aromatic N) is 1. The fourth-order valence-corrected chi connectivity index (χ4v) is 6.20. The average molecular weight is 525 g/mol. The summed E-state index contributed by atoms with van der Waals surface area (Å²) >= 11 is 1.55. The number of hydrogen-bond donors (Lipinski definition) is 1. The van der Waals surface area contributed by atoms with E-state index in [-0.39, 0.29) is 17.0 Å². The summed E-state index contributed by atoms with van der Waals surface area (Å²) in [7, 11) is -3.54. The summed E-state index contributed by atoms with van der Waals surface area (Å²) in [5.41, 5.74) is -0.705. The van der Waals surface area contributed by atoms with Gasteiger partial charge >= 0.3 is 6.18 Å². The molecule has 0 spiro atoms. The summed E-state index contributed by atoms with van der Waals surface area (Å²) in [5.74, 6) is 0.394. The summed E-state index contributed by atoms with van der Waals surface area (Å²) < 4.78 is 72.6. The van der Waals surface area contributed by atoms with Crippen LogP contribution in [0, 0.1) is 0 Å². The maximum atomic E-state index is 12.9. The van der Waals surface area contributed by atoms with Crippen molar-refractivity contribution in [3.63, 3.8) is 0 Å². The van der Waals surface area contributed by atoms with Crippen LogP contribution in [0.15, 0.2) is 77.0 Å². The second kappa shape index (κ2) is 11.1. The van der Waals surface area contributed by atoms with E-state index in [0.717, 1.165) is 36.6 Å². The van der Waals surface area contributed by atoms with Gasteiger partial charge in [-0.05, 0) is 73.8 Å². The summed E-state index contributed by atoms with van der Waals surface area (Å²) in [5, 5.41) is 1.95. The molecule has 0 bridgehead atoms. The van der Waals surface area contributed by atoms with Crippen molar-refractivity contribution in [2.45, 2.75) is 42.5 Å². The molecule has 0 amide bonds. The van der Waals surface area contributed by atoms with Gasteiger partial charge in [-0.25, -0.2) is 13.1 Å². The highest BCUT2D eigenvalue weighted by Crippen LogP contribution is 2.33. The Labute approximate surface area is 207 Å². The summed E-state index contributed by atoms with van der Waals surface area (Å²) in [6.07, 6.45) is -2.58. The van der Waals surface area contributed by atoms with Gasteiger partial charge in [0, 0.05) is 23.9 Å². The SMILES string of the molecule is O=S(=O)(NC1CCN(CCC(Oc2ccc(C(F)(F)F)cc2)c2cccs2)CC1)c1ccccc1. The van der Waals surface area contributed by atoms with Gasteiger partial charge in [0.05, 0.1) is 10.5 Å². The number of likely N-dealkylation sites (tertiary alicyclic amines) is 1. The first-order chi connectivity index (χ1) is 16.7. The number of benzene rings is 2. The Kier molecular flexibility index (Phi) is 8.16. The summed E-state index contributed by atoms with van der Waals surface area (Å²) in [6.45, 7) is 2.24. The van der Waals surface area contributed by atoms with Gasteiger partial charge in [-0.2, -0.15) is 13.2 Å². The lowest BCUT2D eigenvalue weighted by Crippen LogP contribution is -2.45. The number of halogens is 3. The predicted molar refractivity (Wildman–Crippen MR) is 130 cm³/mol. The van der Waals surface area contributed by atoms with Crippen LogP contribution in [0.4, 0.5) is 13.2 Å². The lowest BCUT2D eigenvalue weighted by molar-refractivity contribution is -0.137. The van der Waals surface area contributed by atoms with Gasteiger partial charge in [0.2, 0.25) is 10.0 Å². The fourth-order valence-electron chi connectivity index (χ4n) is 4.08. The van der Waals surface area contributed by atoms with Crippen LogP contribution in [0.25, 0.3) is 0 Å². The molecule has 2 aromatic carbocycles. The predicted octanol–water partition coefficient (Wildman–Crippen LogP) is 5.72. The zero-order valence-electron chi connectivity index (χ0n) is 18.9. The molecular formula is C25H27F3N2O3S2.